The smallest absolute Gasteiger partial charge is 0.305 e. The van der Waals surface area contributed by atoms with Gasteiger partial charge in [0.05, 0.1) is 19.0 Å². The van der Waals surface area contributed by atoms with Crippen molar-refractivity contribution in [3.63, 3.8) is 0 Å². The third kappa shape index (κ3) is 7.85. The molecule has 3 rings (SSSR count). The van der Waals surface area contributed by atoms with Gasteiger partial charge in [-0.05, 0) is 49.5 Å². The predicted molar refractivity (Wildman–Crippen MR) is 149 cm³/mol. The van der Waals surface area contributed by atoms with Crippen LogP contribution < -0.4 is 14.8 Å². The normalized spacial score (nSPS) is 14.0. The molecular formula is C28H33N3O7S. The van der Waals surface area contributed by atoms with Gasteiger partial charge >= 0.3 is 5.97 Å². The molecular weight excluding hydrogens is 522 g/mol. The molecule has 3 N–H and O–H groups in total. The highest BCUT2D eigenvalue weighted by Crippen LogP contribution is 2.33. The lowest BCUT2D eigenvalue weighted by molar-refractivity contribution is -0.138. The molecule has 0 aromatic heterocycles. The van der Waals surface area contributed by atoms with Crippen LogP contribution in [0.4, 0.5) is 5.69 Å². The number of aldehydes is 1. The van der Waals surface area contributed by atoms with Gasteiger partial charge in [-0.15, -0.1) is 0 Å². The largest absolute Gasteiger partial charge is 0.489 e. The number of sulfonamides is 1. The van der Waals surface area contributed by atoms with Gasteiger partial charge < -0.3 is 24.9 Å². The molecule has 1 amide bonds. The number of anilines is 1. The van der Waals surface area contributed by atoms with Crippen LogP contribution in [0.1, 0.15) is 31.7 Å². The monoisotopic (exact) mass is 555 g/mol. The molecule has 3 atom stereocenters. The number of ether oxygens (including phenoxy) is 1. The maximum Gasteiger partial charge on any atom is 0.305 e. The molecule has 3 aromatic carbocycles. The topological polar surface area (TPSA) is 142 Å². The first-order valence-corrected chi connectivity index (χ1v) is 13.8. The van der Waals surface area contributed by atoms with E-state index >= 15 is 0 Å². The minimum Gasteiger partial charge on any atom is -0.489 e. The number of amides is 1. The number of nitrogens with one attached hydrogen (secondary N) is 2. The van der Waals surface area contributed by atoms with Crippen LogP contribution in [0, 0.1) is 0 Å². The highest BCUT2D eigenvalue weighted by Gasteiger charge is 2.27. The number of carboxylic acids is 1. The average molecular weight is 556 g/mol. The molecule has 208 valence electrons. The summed E-state index contributed by atoms with van der Waals surface area (Å²) >= 11 is 0. The van der Waals surface area contributed by atoms with Crippen molar-refractivity contribution >= 4 is 44.6 Å². The van der Waals surface area contributed by atoms with Crippen LogP contribution in [-0.4, -0.2) is 69.4 Å². The third-order valence-corrected chi connectivity index (χ3v) is 7.70. The third-order valence-electron chi connectivity index (χ3n) is 6.17. The van der Waals surface area contributed by atoms with Crippen LogP contribution in [0.25, 0.3) is 10.8 Å². The fourth-order valence-electron chi connectivity index (χ4n) is 4.16. The zero-order valence-corrected chi connectivity index (χ0v) is 23.1. The maximum atomic E-state index is 13.2. The summed E-state index contributed by atoms with van der Waals surface area (Å²) < 4.78 is 34.8. The highest BCUT2D eigenvalue weighted by molar-refractivity contribution is 7.89. The van der Waals surface area contributed by atoms with Gasteiger partial charge in [0.2, 0.25) is 15.9 Å². The summed E-state index contributed by atoms with van der Waals surface area (Å²) in [4.78, 5) is 36.1. The summed E-state index contributed by atoms with van der Waals surface area (Å²) in [5.74, 6) is -1.85. The molecule has 11 heteroatoms. The molecule has 1 unspecified atom stereocenters. The Kier molecular flexibility index (Phi) is 9.79. The van der Waals surface area contributed by atoms with Crippen LogP contribution in [0.2, 0.25) is 0 Å². The van der Waals surface area contributed by atoms with Crippen molar-refractivity contribution in [3.8, 4) is 5.75 Å². The van der Waals surface area contributed by atoms with E-state index in [1.165, 1.54) is 18.2 Å². The Balaban J connectivity index is 1.98. The molecule has 0 bridgehead atoms. The molecule has 0 aliphatic heterocycles. The fourth-order valence-corrected chi connectivity index (χ4v) is 5.44. The number of hydrogen-bond acceptors (Lipinski definition) is 7. The van der Waals surface area contributed by atoms with Crippen molar-refractivity contribution in [2.75, 3.05) is 26.0 Å². The molecule has 39 heavy (non-hydrogen) atoms. The highest BCUT2D eigenvalue weighted by atomic mass is 32.2. The number of benzene rings is 3. The van der Waals surface area contributed by atoms with Crippen molar-refractivity contribution < 1.29 is 32.6 Å². The SMILES string of the molecule is C[C@@H](Oc1cc(NC(=O)CN(C)C)ccc1S(=O)(=O)NC(C=O)CC(=O)O)[C@@H](C)c1cccc2ccccc12. The second-order valence-corrected chi connectivity index (χ2v) is 11.3. The molecule has 0 fully saturated rings. The number of hydrogen-bond donors (Lipinski definition) is 3. The summed E-state index contributed by atoms with van der Waals surface area (Å²) in [6, 6.07) is 16.5. The molecule has 10 nitrogen and oxygen atoms in total. The first-order chi connectivity index (χ1) is 18.4. The summed E-state index contributed by atoms with van der Waals surface area (Å²) in [5.41, 5.74) is 1.33. The number of rotatable bonds is 13. The Labute approximate surface area is 228 Å². The molecule has 0 saturated heterocycles. The first kappa shape index (κ1) is 29.8. The van der Waals surface area contributed by atoms with Crippen molar-refractivity contribution in [1.29, 1.82) is 0 Å². The number of carbonyl (C=O) groups is 3. The van der Waals surface area contributed by atoms with Gasteiger partial charge in [-0.25, -0.2) is 13.1 Å². The fraction of sp³-hybridized carbons (Fsp3) is 0.321. The molecule has 0 aliphatic carbocycles. The maximum absolute atomic E-state index is 13.2. The van der Waals surface area contributed by atoms with E-state index in [9.17, 15) is 22.8 Å². The van der Waals surface area contributed by atoms with Gasteiger partial charge in [0.15, 0.2) is 0 Å². The summed E-state index contributed by atoms with van der Waals surface area (Å²) in [5, 5.41) is 13.8. The minimum absolute atomic E-state index is 0.0512. The molecule has 0 radical (unpaired) electrons. The standard InChI is InChI=1S/C28H33N3O7S/c1-18(23-11-7-9-20-8-5-6-10-24(20)23)19(2)38-25-14-21(29-27(33)16-31(3)4)12-13-26(25)39(36,37)30-22(17-32)15-28(34)35/h5-14,17-19,22,30H,15-16H2,1-4H3,(H,29,33)(H,34,35)/t18-,19-,22?/m1/s1. The molecule has 0 heterocycles. The Hall–Kier alpha value is -3.80. The number of fused-ring (bicyclic) bond motifs is 1. The van der Waals surface area contributed by atoms with Crippen LogP contribution in [-0.2, 0) is 24.4 Å². The van der Waals surface area contributed by atoms with E-state index in [2.05, 4.69) is 10.0 Å². The lowest BCUT2D eigenvalue weighted by Gasteiger charge is -2.25. The van der Waals surface area contributed by atoms with Gasteiger partial charge in [0.1, 0.15) is 23.0 Å². The van der Waals surface area contributed by atoms with Crippen LogP contribution in [0.3, 0.4) is 0 Å². The Bertz CT molecular complexity index is 1450. The number of aliphatic carboxylic acids is 1. The van der Waals surface area contributed by atoms with Crippen LogP contribution >= 0.6 is 0 Å². The number of likely N-dealkylation sites (N-methyl/N-ethyl adjacent to an activating group) is 1. The number of carboxylic acid groups (broad SMARTS) is 1. The van der Waals surface area contributed by atoms with Crippen molar-refractivity contribution in [2.24, 2.45) is 0 Å². The average Bonchev–Trinajstić information content (AvgIpc) is 2.86. The summed E-state index contributed by atoms with van der Waals surface area (Å²) in [6.45, 7) is 3.89. The minimum atomic E-state index is -4.37. The first-order valence-electron chi connectivity index (χ1n) is 12.3. The van der Waals surface area contributed by atoms with E-state index in [0.29, 0.717) is 5.69 Å². The zero-order valence-electron chi connectivity index (χ0n) is 22.2. The van der Waals surface area contributed by atoms with E-state index in [0.717, 1.165) is 16.3 Å². The second-order valence-electron chi connectivity index (χ2n) is 9.59. The Morgan fingerprint density at radius 3 is 2.41 bits per heavy atom. The van der Waals surface area contributed by atoms with Gasteiger partial charge in [-0.3, -0.25) is 9.59 Å². The number of carbonyl (C=O) groups excluding carboxylic acids is 2. The molecule has 0 saturated carbocycles. The van der Waals surface area contributed by atoms with E-state index in [1.54, 1.807) is 19.0 Å². The van der Waals surface area contributed by atoms with Crippen LogP contribution in [0.5, 0.6) is 5.75 Å². The van der Waals surface area contributed by atoms with E-state index in [4.69, 9.17) is 9.84 Å². The molecule has 0 aliphatic rings. The summed E-state index contributed by atoms with van der Waals surface area (Å²) in [6.07, 6.45) is -1.00. The lowest BCUT2D eigenvalue weighted by atomic mass is 9.91. The van der Waals surface area contributed by atoms with Gasteiger partial charge in [-0.2, -0.15) is 0 Å². The lowest BCUT2D eigenvalue weighted by Crippen LogP contribution is -2.38. The van der Waals surface area contributed by atoms with Gasteiger partial charge in [0, 0.05) is 17.7 Å². The van der Waals surface area contributed by atoms with Gasteiger partial charge in [0.25, 0.3) is 0 Å². The Morgan fingerprint density at radius 1 is 1.05 bits per heavy atom. The zero-order chi connectivity index (χ0) is 28.7. The van der Waals surface area contributed by atoms with E-state index in [-0.39, 0.29) is 35.3 Å². The molecule has 0 spiro atoms. The van der Waals surface area contributed by atoms with Gasteiger partial charge in [-0.1, -0.05) is 49.4 Å². The quantitative estimate of drug-likeness (QED) is 0.273. The number of nitrogens with zero attached hydrogens (tertiary/aromatic N) is 1. The van der Waals surface area contributed by atoms with E-state index in [1.807, 2.05) is 56.3 Å². The molecule has 3 aromatic rings. The van der Waals surface area contributed by atoms with E-state index < -0.39 is 34.6 Å². The summed E-state index contributed by atoms with van der Waals surface area (Å²) in [7, 11) is -0.888. The Morgan fingerprint density at radius 2 is 1.74 bits per heavy atom. The van der Waals surface area contributed by atoms with Crippen molar-refractivity contribution in [1.82, 2.24) is 9.62 Å². The van der Waals surface area contributed by atoms with Crippen molar-refractivity contribution in [2.45, 2.75) is 43.2 Å². The van der Waals surface area contributed by atoms with Crippen LogP contribution in [0.15, 0.2) is 65.6 Å². The second kappa shape index (κ2) is 12.8. The van der Waals surface area contributed by atoms with Crippen molar-refractivity contribution in [3.05, 3.63) is 66.2 Å². The predicted octanol–water partition coefficient (Wildman–Crippen LogP) is 3.23.